The van der Waals surface area contributed by atoms with Crippen molar-refractivity contribution in [3.63, 3.8) is 0 Å². The zero-order valence-electron chi connectivity index (χ0n) is 13.8. The lowest BCUT2D eigenvalue weighted by atomic mass is 10.1. The highest BCUT2D eigenvalue weighted by Crippen LogP contribution is 2.24. The van der Waals surface area contributed by atoms with Gasteiger partial charge in [0.15, 0.2) is 0 Å². The third-order valence-corrected chi connectivity index (χ3v) is 3.92. The molecule has 0 aliphatic carbocycles. The van der Waals surface area contributed by atoms with Crippen molar-refractivity contribution in [1.82, 2.24) is 10.3 Å². The van der Waals surface area contributed by atoms with E-state index in [1.165, 1.54) is 11.3 Å². The molecular weight excluding hydrogens is 328 g/mol. The van der Waals surface area contributed by atoms with E-state index in [2.05, 4.69) is 10.3 Å². The third-order valence-electron chi connectivity index (χ3n) is 2.98. The average molecular weight is 348 g/mol. The lowest BCUT2D eigenvalue weighted by Crippen LogP contribution is -2.33. The summed E-state index contributed by atoms with van der Waals surface area (Å²) in [6.07, 6.45) is 0.158. The number of aromatic nitrogens is 1. The van der Waals surface area contributed by atoms with Gasteiger partial charge in [-0.05, 0) is 32.9 Å². The van der Waals surface area contributed by atoms with Gasteiger partial charge in [0.1, 0.15) is 10.6 Å². The molecule has 0 saturated heterocycles. The van der Waals surface area contributed by atoms with Crippen molar-refractivity contribution in [3.8, 4) is 10.6 Å². The van der Waals surface area contributed by atoms with Crippen LogP contribution in [0.15, 0.2) is 29.6 Å². The summed E-state index contributed by atoms with van der Waals surface area (Å²) in [6.45, 7) is 5.88. The highest BCUT2D eigenvalue weighted by Gasteiger charge is 2.15. The van der Waals surface area contributed by atoms with Crippen LogP contribution in [0.1, 0.15) is 36.8 Å². The van der Waals surface area contributed by atoms with E-state index < -0.39 is 17.7 Å². The van der Waals surface area contributed by atoms with Crippen LogP contribution in [0.2, 0.25) is 0 Å². The minimum absolute atomic E-state index is 0.247. The number of carbonyl (C=O) groups is 2. The minimum Gasteiger partial charge on any atom is -0.478 e. The third kappa shape index (κ3) is 5.34. The molecule has 0 atom stereocenters. The maximum Gasteiger partial charge on any atom is 0.407 e. The fourth-order valence-corrected chi connectivity index (χ4v) is 2.78. The van der Waals surface area contributed by atoms with Crippen molar-refractivity contribution in [1.29, 1.82) is 0 Å². The van der Waals surface area contributed by atoms with Gasteiger partial charge in [-0.25, -0.2) is 14.6 Å². The summed E-state index contributed by atoms with van der Waals surface area (Å²) in [5.74, 6) is -0.949. The quantitative estimate of drug-likeness (QED) is 0.862. The zero-order valence-corrected chi connectivity index (χ0v) is 14.6. The van der Waals surface area contributed by atoms with Crippen molar-refractivity contribution in [3.05, 3.63) is 40.9 Å². The Hall–Kier alpha value is -2.41. The fraction of sp³-hybridized carbons (Fsp3) is 0.353. The summed E-state index contributed by atoms with van der Waals surface area (Å²) < 4.78 is 5.16. The number of aromatic carboxylic acids is 1. The molecule has 0 spiro atoms. The monoisotopic (exact) mass is 348 g/mol. The smallest absolute Gasteiger partial charge is 0.407 e. The Labute approximate surface area is 144 Å². The lowest BCUT2D eigenvalue weighted by molar-refractivity contribution is 0.0527. The van der Waals surface area contributed by atoms with Crippen molar-refractivity contribution < 1.29 is 19.4 Å². The number of benzene rings is 1. The normalized spacial score (nSPS) is 11.1. The number of hydrogen-bond donors (Lipinski definition) is 2. The predicted octanol–water partition coefficient (Wildman–Crippen LogP) is 3.58. The molecule has 1 heterocycles. The molecule has 1 aromatic carbocycles. The number of nitrogens with one attached hydrogen (secondary N) is 1. The molecule has 0 bridgehead atoms. The maximum absolute atomic E-state index is 11.6. The molecule has 2 aromatic rings. The second-order valence-electron chi connectivity index (χ2n) is 6.21. The molecule has 0 radical (unpaired) electrons. The first-order valence-electron chi connectivity index (χ1n) is 7.49. The van der Waals surface area contributed by atoms with Gasteiger partial charge in [0.05, 0.1) is 11.3 Å². The first kappa shape index (κ1) is 17.9. The van der Waals surface area contributed by atoms with E-state index in [4.69, 9.17) is 9.84 Å². The first-order chi connectivity index (χ1) is 11.2. The van der Waals surface area contributed by atoms with Crippen LogP contribution in [-0.2, 0) is 11.2 Å². The molecule has 0 aliphatic heterocycles. The number of ether oxygens (including phenoxy) is 1. The van der Waals surface area contributed by atoms with Gasteiger partial charge in [0, 0.05) is 23.9 Å². The molecule has 1 amide bonds. The number of alkyl carbamates (subject to hydrolysis) is 1. The first-order valence-corrected chi connectivity index (χ1v) is 8.37. The molecule has 1 aromatic heterocycles. The molecule has 0 aliphatic rings. The molecule has 0 unspecified atom stereocenters. The number of hydrogen-bond acceptors (Lipinski definition) is 5. The van der Waals surface area contributed by atoms with Crippen LogP contribution in [0.25, 0.3) is 10.6 Å². The Morgan fingerprint density at radius 2 is 1.92 bits per heavy atom. The van der Waals surface area contributed by atoms with Crippen LogP contribution < -0.4 is 5.32 Å². The Morgan fingerprint density at radius 3 is 2.50 bits per heavy atom. The molecule has 2 N–H and O–H groups in total. The van der Waals surface area contributed by atoms with Gasteiger partial charge in [-0.3, -0.25) is 0 Å². The summed E-state index contributed by atoms with van der Waals surface area (Å²) in [4.78, 5) is 26.9. The van der Waals surface area contributed by atoms with E-state index in [1.54, 1.807) is 24.3 Å². The molecule has 128 valence electrons. The zero-order chi connectivity index (χ0) is 17.7. The standard InChI is InChI=1S/C17H20N2O4S/c1-17(2,3)23-16(22)18-9-8-13-10-24-14(19-13)11-4-6-12(7-5-11)15(20)21/h4-7,10H,8-9H2,1-3H3,(H,18,22)(H,20,21). The number of carbonyl (C=O) groups excluding carboxylic acids is 1. The largest absolute Gasteiger partial charge is 0.478 e. The number of carboxylic acid groups (broad SMARTS) is 1. The summed E-state index contributed by atoms with van der Waals surface area (Å²) in [6, 6.07) is 6.60. The number of rotatable bonds is 5. The van der Waals surface area contributed by atoms with Gasteiger partial charge < -0.3 is 15.2 Å². The fourth-order valence-electron chi connectivity index (χ4n) is 1.92. The lowest BCUT2D eigenvalue weighted by Gasteiger charge is -2.19. The molecular formula is C17H20N2O4S. The highest BCUT2D eigenvalue weighted by atomic mass is 32.1. The van der Waals surface area contributed by atoms with Crippen molar-refractivity contribution in [2.45, 2.75) is 32.8 Å². The van der Waals surface area contributed by atoms with Crippen LogP contribution in [0, 0.1) is 0 Å². The molecule has 0 saturated carbocycles. The Morgan fingerprint density at radius 1 is 1.25 bits per heavy atom. The number of thiazole rings is 1. The molecule has 6 nitrogen and oxygen atoms in total. The Balaban J connectivity index is 1.89. The van der Waals surface area contributed by atoms with E-state index in [1.807, 2.05) is 26.2 Å². The second-order valence-corrected chi connectivity index (χ2v) is 7.06. The average Bonchev–Trinajstić information content (AvgIpc) is 2.94. The summed E-state index contributed by atoms with van der Waals surface area (Å²) in [5.41, 5.74) is 1.47. The van der Waals surface area contributed by atoms with E-state index in [0.29, 0.717) is 13.0 Å². The van der Waals surface area contributed by atoms with E-state index in [0.717, 1.165) is 16.3 Å². The van der Waals surface area contributed by atoms with E-state index in [-0.39, 0.29) is 5.56 Å². The van der Waals surface area contributed by atoms with E-state index >= 15 is 0 Å². The van der Waals surface area contributed by atoms with Crippen molar-refractivity contribution in [2.24, 2.45) is 0 Å². The van der Waals surface area contributed by atoms with Gasteiger partial charge in [0.2, 0.25) is 0 Å². The Kier molecular flexibility index (Phi) is 5.56. The van der Waals surface area contributed by atoms with Gasteiger partial charge in [-0.2, -0.15) is 0 Å². The minimum atomic E-state index is -0.949. The van der Waals surface area contributed by atoms with Gasteiger partial charge in [-0.1, -0.05) is 12.1 Å². The molecule has 24 heavy (non-hydrogen) atoms. The van der Waals surface area contributed by atoms with Crippen LogP contribution in [0.3, 0.4) is 0 Å². The topological polar surface area (TPSA) is 88.5 Å². The number of nitrogens with zero attached hydrogens (tertiary/aromatic N) is 1. The van der Waals surface area contributed by atoms with Gasteiger partial charge >= 0.3 is 12.1 Å². The summed E-state index contributed by atoms with van der Waals surface area (Å²) >= 11 is 1.48. The summed E-state index contributed by atoms with van der Waals surface area (Å²) in [7, 11) is 0. The molecule has 7 heteroatoms. The van der Waals surface area contributed by atoms with Crippen molar-refractivity contribution in [2.75, 3.05) is 6.54 Å². The number of amides is 1. The van der Waals surface area contributed by atoms with Crippen LogP contribution in [0.4, 0.5) is 4.79 Å². The summed E-state index contributed by atoms with van der Waals surface area (Å²) in [5, 5.41) is 14.3. The van der Waals surface area contributed by atoms with Gasteiger partial charge in [-0.15, -0.1) is 11.3 Å². The number of carboxylic acids is 1. The molecule has 0 fully saturated rings. The highest BCUT2D eigenvalue weighted by molar-refractivity contribution is 7.13. The SMILES string of the molecule is CC(C)(C)OC(=O)NCCc1csc(-c2ccc(C(=O)O)cc2)n1. The predicted molar refractivity (Wildman–Crippen MR) is 92.5 cm³/mol. The molecule has 2 rings (SSSR count). The van der Waals surface area contributed by atoms with Crippen LogP contribution in [0.5, 0.6) is 0 Å². The van der Waals surface area contributed by atoms with Gasteiger partial charge in [0.25, 0.3) is 0 Å². The van der Waals surface area contributed by atoms with E-state index in [9.17, 15) is 9.59 Å². The Bertz CT molecular complexity index is 717. The van der Waals surface area contributed by atoms with Crippen LogP contribution in [-0.4, -0.2) is 34.3 Å². The maximum atomic E-state index is 11.6. The van der Waals surface area contributed by atoms with Crippen LogP contribution >= 0.6 is 11.3 Å². The van der Waals surface area contributed by atoms with Crippen molar-refractivity contribution >= 4 is 23.4 Å². The second kappa shape index (κ2) is 7.44.